The average Bonchev–Trinajstić information content (AvgIpc) is 2.04. The molecule has 12 heavy (non-hydrogen) atoms. The van der Waals surface area contributed by atoms with E-state index in [-0.39, 0.29) is 12.9 Å². The number of hydrogen-bond acceptors (Lipinski definition) is 3. The van der Waals surface area contributed by atoms with Crippen LogP contribution in [0.4, 0.5) is 0 Å². The Balaban J connectivity index is 3.82. The summed E-state index contributed by atoms with van der Waals surface area (Å²) in [5.74, 6) is 0.135. The molecule has 0 spiro atoms. The largest absolute Gasteiger partial charge is 0.467 e. The fraction of sp³-hybridized carbons (Fsp3) is 0.750. The monoisotopic (exact) mass is 241 g/mol. The quantitative estimate of drug-likeness (QED) is 0.530. The number of nitriles is 1. The summed E-state index contributed by atoms with van der Waals surface area (Å²) in [6.07, 6.45) is 0.467. The molecule has 0 aromatic heterocycles. The topological polar surface area (TPSA) is 42.2 Å². The lowest BCUT2D eigenvalue weighted by molar-refractivity contribution is 0.473. The van der Waals surface area contributed by atoms with Crippen molar-refractivity contribution in [3.63, 3.8) is 0 Å². The van der Waals surface area contributed by atoms with Gasteiger partial charge in [-0.3, -0.25) is 0 Å². The van der Waals surface area contributed by atoms with Gasteiger partial charge in [0.2, 0.25) is 0 Å². The highest BCUT2D eigenvalue weighted by Gasteiger charge is 2.25. The molecule has 5 atom stereocenters. The van der Waals surface area contributed by atoms with Crippen molar-refractivity contribution in [1.82, 2.24) is 0 Å². The molecule has 0 aromatic rings. The maximum absolute atomic E-state index is 8.46. The Hall–Kier alpha value is 1.19. The summed E-state index contributed by atoms with van der Waals surface area (Å²) >= 11 is 0. The normalized spacial score (nSPS) is 14.2. The lowest BCUT2D eigenvalue weighted by Gasteiger charge is -2.15. The summed E-state index contributed by atoms with van der Waals surface area (Å²) in [7, 11) is 5.39. The molecular weight excluding hydrogens is 229 g/mol. The SMILES string of the molecule is CC(CC#N)B(OPP)OPP. The van der Waals surface area contributed by atoms with Gasteiger partial charge in [0, 0.05) is 29.2 Å². The number of rotatable bonds is 6. The predicted octanol–water partition coefficient (Wildman–Crippen LogP) is 2.58. The van der Waals surface area contributed by atoms with E-state index in [4.69, 9.17) is 14.1 Å². The molecule has 0 rings (SSSR count). The second-order valence-electron chi connectivity index (χ2n) is 2.18. The average molecular weight is 241 g/mol. The van der Waals surface area contributed by atoms with Gasteiger partial charge in [-0.1, -0.05) is 24.8 Å². The third-order valence-electron chi connectivity index (χ3n) is 1.25. The number of nitrogens with zero attached hydrogens (tertiary/aromatic N) is 1. The molecule has 0 aliphatic rings. The lowest BCUT2D eigenvalue weighted by atomic mass is 9.73. The molecule has 0 amide bonds. The molecule has 3 nitrogen and oxygen atoms in total. The minimum Gasteiger partial charge on any atom is -0.387 e. The molecule has 0 bridgehead atoms. The third kappa shape index (κ3) is 5.77. The van der Waals surface area contributed by atoms with Gasteiger partial charge < -0.3 is 8.88 Å². The highest BCUT2D eigenvalue weighted by atomic mass is 32.0. The van der Waals surface area contributed by atoms with Crippen molar-refractivity contribution in [3.8, 4) is 6.07 Å². The fourth-order valence-corrected chi connectivity index (χ4v) is 2.36. The Labute approximate surface area is 81.8 Å². The van der Waals surface area contributed by atoms with E-state index in [0.717, 1.165) is 0 Å². The number of hydrogen-bond donors (Lipinski definition) is 0. The summed E-state index contributed by atoms with van der Waals surface area (Å²) in [5, 5.41) is 8.46. The van der Waals surface area contributed by atoms with Crippen LogP contribution in [0.15, 0.2) is 0 Å². The molecule has 0 aromatic carbocycles. The summed E-state index contributed by atoms with van der Waals surface area (Å²) < 4.78 is 10.6. The maximum Gasteiger partial charge on any atom is 0.467 e. The van der Waals surface area contributed by atoms with Gasteiger partial charge in [0.05, 0.1) is 6.07 Å². The molecular formula is C4H12BNO2P4. The van der Waals surface area contributed by atoms with E-state index in [9.17, 15) is 0 Å². The zero-order valence-corrected chi connectivity index (χ0v) is 11.1. The molecule has 0 aliphatic carbocycles. The fourth-order valence-electron chi connectivity index (χ4n) is 0.631. The Bertz CT molecular complexity index is 148. The van der Waals surface area contributed by atoms with Crippen LogP contribution in [0.2, 0.25) is 5.82 Å². The van der Waals surface area contributed by atoms with Crippen molar-refractivity contribution in [2.24, 2.45) is 0 Å². The molecule has 0 saturated heterocycles. The van der Waals surface area contributed by atoms with Gasteiger partial charge in [-0.2, -0.15) is 5.26 Å². The van der Waals surface area contributed by atoms with Gasteiger partial charge in [-0.15, -0.1) is 0 Å². The van der Waals surface area contributed by atoms with Crippen LogP contribution in [-0.4, -0.2) is 7.12 Å². The molecule has 0 radical (unpaired) electrons. The van der Waals surface area contributed by atoms with Gasteiger partial charge in [-0.25, -0.2) is 0 Å². The van der Waals surface area contributed by atoms with Crippen LogP contribution >= 0.6 is 34.8 Å². The van der Waals surface area contributed by atoms with Crippen LogP contribution in [0, 0.1) is 11.3 Å². The van der Waals surface area contributed by atoms with E-state index in [2.05, 4.69) is 23.9 Å². The smallest absolute Gasteiger partial charge is 0.387 e. The van der Waals surface area contributed by atoms with Crippen LogP contribution in [0.1, 0.15) is 13.3 Å². The molecule has 68 valence electrons. The van der Waals surface area contributed by atoms with Crippen molar-refractivity contribution in [1.29, 1.82) is 5.26 Å². The molecule has 5 unspecified atom stereocenters. The van der Waals surface area contributed by atoms with Crippen LogP contribution < -0.4 is 0 Å². The second-order valence-corrected chi connectivity index (χ2v) is 4.54. The highest BCUT2D eigenvalue weighted by Crippen LogP contribution is 2.34. The maximum atomic E-state index is 8.46. The van der Waals surface area contributed by atoms with E-state index in [0.29, 0.717) is 23.4 Å². The van der Waals surface area contributed by atoms with Gasteiger partial charge in [-0.05, 0) is 0 Å². The Kier molecular flexibility index (Phi) is 9.65. The molecule has 0 fully saturated rings. The van der Waals surface area contributed by atoms with Gasteiger partial charge in [0.25, 0.3) is 0 Å². The van der Waals surface area contributed by atoms with Gasteiger partial charge in [0.1, 0.15) is 0 Å². The first-order chi connectivity index (χ1) is 5.76. The van der Waals surface area contributed by atoms with Crippen molar-refractivity contribution in [2.75, 3.05) is 0 Å². The van der Waals surface area contributed by atoms with E-state index >= 15 is 0 Å². The van der Waals surface area contributed by atoms with E-state index in [1.165, 1.54) is 0 Å². The zero-order chi connectivity index (χ0) is 9.40. The van der Waals surface area contributed by atoms with E-state index < -0.39 is 0 Å². The van der Waals surface area contributed by atoms with E-state index in [1.807, 2.05) is 6.92 Å². The standard InChI is InChI=1S/C4H12BNO2P4/c1-4(2-3-6)5(7-11-9)8-12-10/h4,11-12H,2,9-10H2,1H3. The Morgan fingerprint density at radius 1 is 1.50 bits per heavy atom. The van der Waals surface area contributed by atoms with E-state index in [1.54, 1.807) is 0 Å². The first-order valence-corrected chi connectivity index (χ1v) is 8.79. The zero-order valence-electron chi connectivity index (χ0n) is 6.78. The minimum atomic E-state index is -0.240. The van der Waals surface area contributed by atoms with Crippen LogP contribution in [-0.2, 0) is 8.88 Å². The highest BCUT2D eigenvalue weighted by molar-refractivity contribution is 8.01. The first kappa shape index (κ1) is 13.2. The first-order valence-electron chi connectivity index (χ1n) is 3.35. The van der Waals surface area contributed by atoms with Crippen molar-refractivity contribution >= 4 is 42.0 Å². The van der Waals surface area contributed by atoms with Gasteiger partial charge in [0.15, 0.2) is 0 Å². The molecule has 8 heteroatoms. The van der Waals surface area contributed by atoms with Crippen LogP contribution in [0.5, 0.6) is 0 Å². The Morgan fingerprint density at radius 2 is 2.00 bits per heavy atom. The summed E-state index contributed by atoms with van der Waals surface area (Å²) in [6, 6.07) is 2.10. The second kappa shape index (κ2) is 8.78. The molecule has 0 aliphatic heterocycles. The minimum absolute atomic E-state index is 0.135. The molecule has 0 saturated carbocycles. The lowest BCUT2D eigenvalue weighted by Crippen LogP contribution is -2.20. The Morgan fingerprint density at radius 3 is 2.33 bits per heavy atom. The summed E-state index contributed by atoms with van der Waals surface area (Å²) in [6.45, 7) is 1.95. The summed E-state index contributed by atoms with van der Waals surface area (Å²) in [4.78, 5) is 0. The molecule has 0 heterocycles. The summed E-state index contributed by atoms with van der Waals surface area (Å²) in [5.41, 5.74) is 0. The van der Waals surface area contributed by atoms with Crippen LogP contribution in [0.25, 0.3) is 0 Å². The van der Waals surface area contributed by atoms with Crippen molar-refractivity contribution in [2.45, 2.75) is 19.2 Å². The van der Waals surface area contributed by atoms with Crippen molar-refractivity contribution < 1.29 is 8.88 Å². The van der Waals surface area contributed by atoms with Crippen molar-refractivity contribution in [3.05, 3.63) is 0 Å². The van der Waals surface area contributed by atoms with Crippen LogP contribution in [0.3, 0.4) is 0 Å². The van der Waals surface area contributed by atoms with Gasteiger partial charge >= 0.3 is 7.12 Å². The molecule has 0 N–H and O–H groups in total. The third-order valence-corrected chi connectivity index (χ3v) is 2.80. The predicted molar refractivity (Wildman–Crippen MR) is 63.6 cm³/mol.